The van der Waals surface area contributed by atoms with E-state index in [2.05, 4.69) is 41.1 Å². The molecule has 0 radical (unpaired) electrons. The molecule has 2 heterocycles. The summed E-state index contributed by atoms with van der Waals surface area (Å²) in [5.74, 6) is 0.0479. The van der Waals surface area contributed by atoms with Crippen LogP contribution in [-0.4, -0.2) is 63.5 Å². The van der Waals surface area contributed by atoms with Crippen molar-refractivity contribution < 1.29 is 9.53 Å². The van der Waals surface area contributed by atoms with E-state index in [1.807, 2.05) is 0 Å². The van der Waals surface area contributed by atoms with Gasteiger partial charge in [-0.25, -0.2) is 4.98 Å². The Morgan fingerprint density at radius 2 is 2.14 bits per heavy atom. The fraction of sp³-hybridized carbons (Fsp3) is 0.786. The van der Waals surface area contributed by atoms with Crippen molar-refractivity contribution in [2.45, 2.75) is 52.0 Å². The maximum absolute atomic E-state index is 11.8. The Morgan fingerprint density at radius 1 is 1.43 bits per heavy atom. The van der Waals surface area contributed by atoms with Gasteiger partial charge in [-0.15, -0.1) is 0 Å². The number of carbonyl (C=O) groups excluding carboxylic acids is 1. The maximum Gasteiger partial charge on any atom is 0.221 e. The number of hydrogen-bond acceptors (Lipinski definition) is 5. The summed E-state index contributed by atoms with van der Waals surface area (Å²) in [7, 11) is 0. The minimum absolute atomic E-state index is 0.0479. The predicted molar refractivity (Wildman–Crippen MR) is 78.7 cm³/mol. The van der Waals surface area contributed by atoms with Crippen molar-refractivity contribution in [3.63, 3.8) is 0 Å². The molecule has 1 aliphatic rings. The minimum atomic E-state index is 0.0479. The van der Waals surface area contributed by atoms with Gasteiger partial charge >= 0.3 is 0 Å². The van der Waals surface area contributed by atoms with Gasteiger partial charge in [0.05, 0.1) is 18.8 Å². The molecule has 0 aliphatic carbocycles. The van der Waals surface area contributed by atoms with E-state index in [1.165, 1.54) is 6.33 Å². The zero-order chi connectivity index (χ0) is 15.2. The molecular weight excluding hydrogens is 270 g/mol. The molecule has 0 saturated carbocycles. The first-order chi connectivity index (χ1) is 10.0. The number of rotatable bonds is 6. The third kappa shape index (κ3) is 5.09. The molecule has 0 bridgehead atoms. The highest BCUT2D eigenvalue weighted by Crippen LogP contribution is 2.13. The van der Waals surface area contributed by atoms with Crippen LogP contribution in [0.5, 0.6) is 0 Å². The number of aromatic nitrogens is 3. The van der Waals surface area contributed by atoms with E-state index in [0.29, 0.717) is 25.6 Å². The van der Waals surface area contributed by atoms with Gasteiger partial charge in [0.2, 0.25) is 5.91 Å². The Hall–Kier alpha value is -1.47. The number of amides is 1. The van der Waals surface area contributed by atoms with Crippen molar-refractivity contribution in [3.05, 3.63) is 12.7 Å². The summed E-state index contributed by atoms with van der Waals surface area (Å²) in [6, 6.07) is 0.314. The summed E-state index contributed by atoms with van der Waals surface area (Å²) in [6.45, 7) is 9.38. The van der Waals surface area contributed by atoms with E-state index in [-0.39, 0.29) is 18.1 Å². The highest BCUT2D eigenvalue weighted by atomic mass is 16.5. The first-order valence-electron chi connectivity index (χ1n) is 7.53. The molecule has 0 aromatic carbocycles. The van der Waals surface area contributed by atoms with Crippen LogP contribution in [0.4, 0.5) is 0 Å². The lowest BCUT2D eigenvalue weighted by Crippen LogP contribution is -2.52. The smallest absolute Gasteiger partial charge is 0.221 e. The summed E-state index contributed by atoms with van der Waals surface area (Å²) in [5.41, 5.74) is 0. The third-order valence-electron chi connectivity index (χ3n) is 3.70. The molecule has 1 aromatic rings. The second-order valence-corrected chi connectivity index (χ2v) is 5.77. The Kier molecular flexibility index (Phi) is 5.69. The van der Waals surface area contributed by atoms with Crippen LogP contribution < -0.4 is 5.32 Å². The largest absolute Gasteiger partial charge is 0.373 e. The molecule has 1 N–H and O–H groups in total. The Labute approximate surface area is 125 Å². The van der Waals surface area contributed by atoms with Gasteiger partial charge in [0.15, 0.2) is 0 Å². The van der Waals surface area contributed by atoms with Crippen molar-refractivity contribution in [2.75, 3.05) is 19.6 Å². The maximum atomic E-state index is 11.8. The van der Waals surface area contributed by atoms with Crippen LogP contribution in [0.3, 0.4) is 0 Å². The van der Waals surface area contributed by atoms with Crippen LogP contribution in [0, 0.1) is 0 Å². The van der Waals surface area contributed by atoms with Crippen LogP contribution in [0.25, 0.3) is 0 Å². The summed E-state index contributed by atoms with van der Waals surface area (Å²) < 4.78 is 7.39. The number of aryl methyl sites for hydroxylation is 1. The molecular formula is C14H25N5O2. The van der Waals surface area contributed by atoms with E-state index < -0.39 is 0 Å². The number of nitrogens with one attached hydrogen (secondary N) is 1. The van der Waals surface area contributed by atoms with Gasteiger partial charge in [-0.05, 0) is 20.8 Å². The zero-order valence-electron chi connectivity index (χ0n) is 13.0. The van der Waals surface area contributed by atoms with Crippen molar-refractivity contribution in [1.82, 2.24) is 25.0 Å². The van der Waals surface area contributed by atoms with E-state index in [0.717, 1.165) is 13.1 Å². The number of morpholine rings is 1. The van der Waals surface area contributed by atoms with E-state index in [9.17, 15) is 4.79 Å². The summed E-state index contributed by atoms with van der Waals surface area (Å²) in [5, 5.41) is 6.97. The molecule has 21 heavy (non-hydrogen) atoms. The van der Waals surface area contributed by atoms with Crippen molar-refractivity contribution >= 4 is 5.91 Å². The highest BCUT2D eigenvalue weighted by Gasteiger charge is 2.25. The second kappa shape index (κ2) is 7.51. The topological polar surface area (TPSA) is 72.3 Å². The summed E-state index contributed by atoms with van der Waals surface area (Å²) in [6.07, 6.45) is 4.01. The van der Waals surface area contributed by atoms with Gasteiger partial charge in [0.25, 0.3) is 0 Å². The van der Waals surface area contributed by atoms with Crippen molar-refractivity contribution in [2.24, 2.45) is 0 Å². The molecule has 7 nitrogen and oxygen atoms in total. The average molecular weight is 295 g/mol. The lowest BCUT2D eigenvalue weighted by molar-refractivity contribution is -0.122. The molecule has 0 unspecified atom stereocenters. The quantitative estimate of drug-likeness (QED) is 0.816. The Bertz CT molecular complexity index is 427. The van der Waals surface area contributed by atoms with Crippen molar-refractivity contribution in [3.8, 4) is 0 Å². The standard InChI is InChI=1S/C14H25N5O2/c1-11(18-7-12(2)21-13(3)8-18)6-16-14(20)4-5-19-10-15-9-17-19/h9-13H,4-8H2,1-3H3,(H,16,20)/t11-,12+,13+/m0/s1. The molecule has 1 saturated heterocycles. The molecule has 1 amide bonds. The summed E-state index contributed by atoms with van der Waals surface area (Å²) in [4.78, 5) is 18.1. The van der Waals surface area contributed by atoms with Crippen LogP contribution in [0.1, 0.15) is 27.2 Å². The van der Waals surface area contributed by atoms with Gasteiger partial charge < -0.3 is 10.1 Å². The zero-order valence-corrected chi connectivity index (χ0v) is 13.0. The van der Waals surface area contributed by atoms with E-state index in [4.69, 9.17) is 4.74 Å². The lowest BCUT2D eigenvalue weighted by Gasteiger charge is -2.39. The molecule has 1 fully saturated rings. The second-order valence-electron chi connectivity index (χ2n) is 5.77. The number of ether oxygens (including phenoxy) is 1. The fourth-order valence-corrected chi connectivity index (χ4v) is 2.62. The Morgan fingerprint density at radius 3 is 2.76 bits per heavy atom. The Balaban J connectivity index is 1.68. The normalized spacial score (nSPS) is 24.7. The van der Waals surface area contributed by atoms with Gasteiger partial charge in [-0.3, -0.25) is 14.4 Å². The van der Waals surface area contributed by atoms with Crippen LogP contribution >= 0.6 is 0 Å². The predicted octanol–water partition coefficient (Wildman–Crippen LogP) is 0.282. The monoisotopic (exact) mass is 295 g/mol. The number of carbonyl (C=O) groups is 1. The molecule has 7 heteroatoms. The average Bonchev–Trinajstić information content (AvgIpc) is 2.94. The first-order valence-corrected chi connectivity index (χ1v) is 7.53. The van der Waals surface area contributed by atoms with E-state index in [1.54, 1.807) is 11.0 Å². The molecule has 0 spiro atoms. The first kappa shape index (κ1) is 15.9. The molecule has 1 aliphatic heterocycles. The number of nitrogens with zero attached hydrogens (tertiary/aromatic N) is 4. The molecule has 118 valence electrons. The highest BCUT2D eigenvalue weighted by molar-refractivity contribution is 5.75. The minimum Gasteiger partial charge on any atom is -0.373 e. The van der Waals surface area contributed by atoms with Crippen LogP contribution in [0.15, 0.2) is 12.7 Å². The molecule has 3 atom stereocenters. The number of hydrogen-bond donors (Lipinski definition) is 1. The van der Waals surface area contributed by atoms with Gasteiger partial charge in [0.1, 0.15) is 12.7 Å². The lowest BCUT2D eigenvalue weighted by atomic mass is 10.1. The van der Waals surface area contributed by atoms with Gasteiger partial charge in [-0.1, -0.05) is 0 Å². The van der Waals surface area contributed by atoms with Gasteiger partial charge in [-0.2, -0.15) is 5.10 Å². The molecule has 1 aromatic heterocycles. The fourth-order valence-electron chi connectivity index (χ4n) is 2.62. The van der Waals surface area contributed by atoms with E-state index >= 15 is 0 Å². The third-order valence-corrected chi connectivity index (χ3v) is 3.70. The van der Waals surface area contributed by atoms with Gasteiger partial charge in [0, 0.05) is 32.1 Å². The SMILES string of the molecule is C[C@@H]1CN([C@@H](C)CNC(=O)CCn2cncn2)C[C@@H](C)O1. The van der Waals surface area contributed by atoms with Crippen molar-refractivity contribution in [1.29, 1.82) is 0 Å². The molecule has 2 rings (SSSR count). The van der Waals surface area contributed by atoms with Crippen LogP contribution in [-0.2, 0) is 16.1 Å². The summed E-state index contributed by atoms with van der Waals surface area (Å²) >= 11 is 0. The van der Waals surface area contributed by atoms with Crippen LogP contribution in [0.2, 0.25) is 0 Å².